The normalized spacial score (nSPS) is 30.7. The first-order valence-corrected chi connectivity index (χ1v) is 6.89. The lowest BCUT2D eigenvalue weighted by molar-refractivity contribution is -0.138. The second kappa shape index (κ2) is 5.78. The zero-order valence-corrected chi connectivity index (χ0v) is 10.6. The second-order valence-corrected chi connectivity index (χ2v) is 5.72. The van der Waals surface area contributed by atoms with Crippen LogP contribution in [0.15, 0.2) is 0 Å². The summed E-state index contributed by atoms with van der Waals surface area (Å²) in [6.07, 6.45) is -0.532. The SMILES string of the molecule is OCCC1CC1C1CCN(CCC(F)(F)F)CC1. The number of aliphatic hydroxyl groups excluding tert-OH is 1. The van der Waals surface area contributed by atoms with E-state index in [9.17, 15) is 13.2 Å². The number of alkyl halides is 3. The van der Waals surface area contributed by atoms with E-state index >= 15 is 0 Å². The minimum Gasteiger partial charge on any atom is -0.396 e. The number of hydrogen-bond donors (Lipinski definition) is 1. The summed E-state index contributed by atoms with van der Waals surface area (Å²) in [5.41, 5.74) is 0. The Balaban J connectivity index is 1.63. The third-order valence-corrected chi connectivity index (χ3v) is 4.43. The van der Waals surface area contributed by atoms with Crippen molar-refractivity contribution in [3.05, 3.63) is 0 Å². The maximum absolute atomic E-state index is 12.1. The van der Waals surface area contributed by atoms with Gasteiger partial charge in [-0.15, -0.1) is 0 Å². The molecule has 1 aliphatic heterocycles. The zero-order chi connectivity index (χ0) is 13.2. The maximum Gasteiger partial charge on any atom is 0.390 e. The molecule has 1 saturated carbocycles. The van der Waals surface area contributed by atoms with Gasteiger partial charge in [0, 0.05) is 13.2 Å². The fourth-order valence-electron chi connectivity index (χ4n) is 3.24. The standard InChI is InChI=1S/C13H22F3NO/c14-13(15,16)4-7-17-5-1-10(2-6-17)12-9-11(12)3-8-18/h10-12,18H,1-9H2. The van der Waals surface area contributed by atoms with Crippen LogP contribution < -0.4 is 0 Å². The van der Waals surface area contributed by atoms with Crippen molar-refractivity contribution in [1.29, 1.82) is 0 Å². The van der Waals surface area contributed by atoms with E-state index in [2.05, 4.69) is 0 Å². The molecular weight excluding hydrogens is 243 g/mol. The monoisotopic (exact) mass is 265 g/mol. The number of halogens is 3. The summed E-state index contributed by atoms with van der Waals surface area (Å²) >= 11 is 0. The van der Waals surface area contributed by atoms with Gasteiger partial charge >= 0.3 is 6.18 Å². The molecule has 18 heavy (non-hydrogen) atoms. The van der Waals surface area contributed by atoms with Crippen molar-refractivity contribution in [2.24, 2.45) is 17.8 Å². The van der Waals surface area contributed by atoms with Gasteiger partial charge in [0.15, 0.2) is 0 Å². The van der Waals surface area contributed by atoms with Crippen molar-refractivity contribution >= 4 is 0 Å². The Kier molecular flexibility index (Phi) is 4.54. The summed E-state index contributed by atoms with van der Waals surface area (Å²) < 4.78 is 36.3. The van der Waals surface area contributed by atoms with Crippen molar-refractivity contribution < 1.29 is 18.3 Å². The molecule has 0 amide bonds. The van der Waals surface area contributed by atoms with Gasteiger partial charge in [0.1, 0.15) is 0 Å². The van der Waals surface area contributed by atoms with E-state index in [0.717, 1.165) is 38.3 Å². The van der Waals surface area contributed by atoms with Crippen molar-refractivity contribution in [3.8, 4) is 0 Å². The summed E-state index contributed by atoms with van der Waals surface area (Å²) in [7, 11) is 0. The molecule has 0 bridgehead atoms. The highest BCUT2D eigenvalue weighted by molar-refractivity contribution is 4.93. The molecule has 1 heterocycles. The molecule has 0 spiro atoms. The van der Waals surface area contributed by atoms with Gasteiger partial charge in [0.2, 0.25) is 0 Å². The first kappa shape index (κ1) is 14.1. The third-order valence-electron chi connectivity index (χ3n) is 4.43. The van der Waals surface area contributed by atoms with E-state index in [4.69, 9.17) is 5.11 Å². The van der Waals surface area contributed by atoms with E-state index in [0.29, 0.717) is 11.8 Å². The molecule has 0 aromatic carbocycles. The fraction of sp³-hybridized carbons (Fsp3) is 1.00. The van der Waals surface area contributed by atoms with E-state index in [1.165, 1.54) is 6.42 Å². The molecule has 2 atom stereocenters. The summed E-state index contributed by atoms with van der Waals surface area (Å²) in [6, 6.07) is 0. The van der Waals surface area contributed by atoms with Gasteiger partial charge in [-0.3, -0.25) is 0 Å². The smallest absolute Gasteiger partial charge is 0.390 e. The molecule has 0 aromatic heterocycles. The number of piperidine rings is 1. The van der Waals surface area contributed by atoms with E-state index in [-0.39, 0.29) is 13.2 Å². The Morgan fingerprint density at radius 2 is 1.83 bits per heavy atom. The molecule has 106 valence electrons. The first-order valence-electron chi connectivity index (χ1n) is 6.89. The Bertz CT molecular complexity index is 261. The fourth-order valence-corrected chi connectivity index (χ4v) is 3.24. The van der Waals surface area contributed by atoms with Gasteiger partial charge in [0.05, 0.1) is 6.42 Å². The van der Waals surface area contributed by atoms with Crippen molar-refractivity contribution in [2.45, 2.75) is 38.3 Å². The predicted octanol–water partition coefficient (Wildman–Crippen LogP) is 2.67. The van der Waals surface area contributed by atoms with Crippen molar-refractivity contribution in [1.82, 2.24) is 4.90 Å². The van der Waals surface area contributed by atoms with Crippen LogP contribution in [0.5, 0.6) is 0 Å². The molecule has 2 aliphatic rings. The molecular formula is C13H22F3NO. The van der Waals surface area contributed by atoms with Crippen LogP contribution in [0.1, 0.15) is 32.1 Å². The molecule has 1 aliphatic carbocycles. The number of nitrogens with zero attached hydrogens (tertiary/aromatic N) is 1. The molecule has 2 fully saturated rings. The minimum absolute atomic E-state index is 0.154. The van der Waals surface area contributed by atoms with Crippen molar-refractivity contribution in [2.75, 3.05) is 26.2 Å². The van der Waals surface area contributed by atoms with Crippen LogP contribution in [0.3, 0.4) is 0 Å². The van der Waals surface area contributed by atoms with Crippen LogP contribution in [0.2, 0.25) is 0 Å². The lowest BCUT2D eigenvalue weighted by Gasteiger charge is -2.32. The average Bonchev–Trinajstić information content (AvgIpc) is 3.06. The van der Waals surface area contributed by atoms with Crippen molar-refractivity contribution in [3.63, 3.8) is 0 Å². The van der Waals surface area contributed by atoms with Crippen LogP contribution in [0, 0.1) is 17.8 Å². The lowest BCUT2D eigenvalue weighted by atomic mass is 9.90. The highest BCUT2D eigenvalue weighted by Crippen LogP contribution is 2.49. The Morgan fingerprint density at radius 1 is 1.17 bits per heavy atom. The van der Waals surface area contributed by atoms with Crippen LogP contribution in [0.25, 0.3) is 0 Å². The van der Waals surface area contributed by atoms with Crippen LogP contribution in [0.4, 0.5) is 13.2 Å². The highest BCUT2D eigenvalue weighted by Gasteiger charge is 2.42. The Labute approximate surface area is 106 Å². The molecule has 1 N–H and O–H groups in total. The zero-order valence-electron chi connectivity index (χ0n) is 10.6. The quantitative estimate of drug-likeness (QED) is 0.826. The molecule has 2 unspecified atom stereocenters. The van der Waals surface area contributed by atoms with Gasteiger partial charge in [-0.05, 0) is 56.5 Å². The highest BCUT2D eigenvalue weighted by atomic mass is 19.4. The molecule has 0 aromatic rings. The minimum atomic E-state index is -4.03. The third kappa shape index (κ3) is 4.12. The summed E-state index contributed by atoms with van der Waals surface area (Å²) in [5.74, 6) is 2.10. The number of hydrogen-bond acceptors (Lipinski definition) is 2. The van der Waals surface area contributed by atoms with E-state index in [1.807, 2.05) is 4.90 Å². The largest absolute Gasteiger partial charge is 0.396 e. The molecule has 2 rings (SSSR count). The molecule has 2 nitrogen and oxygen atoms in total. The van der Waals surface area contributed by atoms with Gasteiger partial charge in [0.25, 0.3) is 0 Å². The van der Waals surface area contributed by atoms with Gasteiger partial charge < -0.3 is 10.0 Å². The van der Waals surface area contributed by atoms with Gasteiger partial charge in [-0.2, -0.15) is 13.2 Å². The van der Waals surface area contributed by atoms with Gasteiger partial charge in [-0.25, -0.2) is 0 Å². The molecule has 1 saturated heterocycles. The lowest BCUT2D eigenvalue weighted by Crippen LogP contribution is -2.36. The van der Waals surface area contributed by atoms with Crippen LogP contribution >= 0.6 is 0 Å². The predicted molar refractivity (Wildman–Crippen MR) is 63.1 cm³/mol. The summed E-state index contributed by atoms with van der Waals surface area (Å²) in [5, 5.41) is 8.87. The summed E-state index contributed by atoms with van der Waals surface area (Å²) in [6.45, 7) is 2.04. The maximum atomic E-state index is 12.1. The Hall–Kier alpha value is -0.290. The molecule has 0 radical (unpaired) electrons. The van der Waals surface area contributed by atoms with Crippen LogP contribution in [-0.2, 0) is 0 Å². The topological polar surface area (TPSA) is 23.5 Å². The van der Waals surface area contributed by atoms with E-state index in [1.54, 1.807) is 0 Å². The number of aliphatic hydroxyl groups is 1. The summed E-state index contributed by atoms with van der Waals surface area (Å²) in [4.78, 5) is 1.94. The molecule has 5 heteroatoms. The average molecular weight is 265 g/mol. The van der Waals surface area contributed by atoms with Crippen LogP contribution in [-0.4, -0.2) is 42.4 Å². The number of rotatable bonds is 5. The number of likely N-dealkylation sites (tertiary alicyclic amines) is 1. The first-order chi connectivity index (χ1) is 8.49. The van der Waals surface area contributed by atoms with E-state index < -0.39 is 12.6 Å². The van der Waals surface area contributed by atoms with Gasteiger partial charge in [-0.1, -0.05) is 0 Å². The Morgan fingerprint density at radius 3 is 2.39 bits per heavy atom. The second-order valence-electron chi connectivity index (χ2n) is 5.72.